The van der Waals surface area contributed by atoms with Gasteiger partial charge in [-0.2, -0.15) is 5.26 Å². The number of esters is 1. The predicted octanol–water partition coefficient (Wildman–Crippen LogP) is 2.24. The number of methoxy groups -OCH3 is 1. The zero-order valence-electron chi connectivity index (χ0n) is 8.54. The Morgan fingerprint density at radius 2 is 2.06 bits per heavy atom. The molecule has 1 rings (SSSR count). The van der Waals surface area contributed by atoms with E-state index in [2.05, 4.69) is 9.47 Å². The lowest BCUT2D eigenvalue weighted by molar-refractivity contribution is -0.274. The molecule has 0 aliphatic rings. The summed E-state index contributed by atoms with van der Waals surface area (Å²) in [6.45, 7) is 0. The van der Waals surface area contributed by atoms with E-state index in [1.807, 2.05) is 0 Å². The summed E-state index contributed by atoms with van der Waals surface area (Å²) in [7, 11) is 1.03. The average molecular weight is 245 g/mol. The van der Waals surface area contributed by atoms with Crippen LogP contribution in [0, 0.1) is 11.3 Å². The highest BCUT2D eigenvalue weighted by atomic mass is 19.4. The van der Waals surface area contributed by atoms with Crippen LogP contribution in [-0.2, 0) is 4.74 Å². The second-order valence-corrected chi connectivity index (χ2v) is 2.86. The Hall–Kier alpha value is -2.23. The first-order chi connectivity index (χ1) is 7.87. The summed E-state index contributed by atoms with van der Waals surface area (Å²) in [6, 6.07) is 4.68. The van der Waals surface area contributed by atoms with Gasteiger partial charge in [-0.3, -0.25) is 0 Å². The van der Waals surface area contributed by atoms with Crippen molar-refractivity contribution in [3.05, 3.63) is 29.3 Å². The molecule has 0 N–H and O–H groups in total. The Morgan fingerprint density at radius 3 is 2.53 bits per heavy atom. The maximum Gasteiger partial charge on any atom is 0.573 e. The first-order valence-corrected chi connectivity index (χ1v) is 4.25. The monoisotopic (exact) mass is 245 g/mol. The molecular weight excluding hydrogens is 239 g/mol. The highest BCUT2D eigenvalue weighted by Crippen LogP contribution is 2.27. The minimum Gasteiger partial charge on any atom is -0.465 e. The first-order valence-electron chi connectivity index (χ1n) is 4.25. The smallest absolute Gasteiger partial charge is 0.465 e. The second-order valence-electron chi connectivity index (χ2n) is 2.86. The Kier molecular flexibility index (Phi) is 3.58. The molecule has 0 fully saturated rings. The summed E-state index contributed by atoms with van der Waals surface area (Å²) in [6.07, 6.45) is -4.95. The number of alkyl halides is 3. The minimum atomic E-state index is -4.95. The molecule has 0 heterocycles. The average Bonchev–Trinajstić information content (AvgIpc) is 2.25. The number of hydrogen-bond donors (Lipinski definition) is 0. The molecule has 0 saturated heterocycles. The van der Waals surface area contributed by atoms with E-state index in [0.29, 0.717) is 0 Å². The molecule has 0 unspecified atom stereocenters. The van der Waals surface area contributed by atoms with Gasteiger partial charge in [0, 0.05) is 0 Å². The highest BCUT2D eigenvalue weighted by Gasteiger charge is 2.33. The number of nitrogens with zero attached hydrogens (tertiary/aromatic N) is 1. The molecular formula is C10H6F3NO3. The number of ether oxygens (including phenoxy) is 2. The van der Waals surface area contributed by atoms with Gasteiger partial charge in [0.1, 0.15) is 11.3 Å². The number of nitriles is 1. The molecule has 1 aromatic carbocycles. The molecule has 90 valence electrons. The molecule has 4 nitrogen and oxygen atoms in total. The van der Waals surface area contributed by atoms with Crippen molar-refractivity contribution in [3.8, 4) is 11.8 Å². The van der Waals surface area contributed by atoms with Crippen LogP contribution in [0.25, 0.3) is 0 Å². The van der Waals surface area contributed by atoms with Crippen molar-refractivity contribution in [2.75, 3.05) is 7.11 Å². The molecule has 0 aliphatic carbocycles. The Bertz CT molecular complexity index is 477. The van der Waals surface area contributed by atoms with Crippen LogP contribution < -0.4 is 4.74 Å². The van der Waals surface area contributed by atoms with Crippen LogP contribution in [0.2, 0.25) is 0 Å². The first kappa shape index (κ1) is 12.8. The number of rotatable bonds is 2. The van der Waals surface area contributed by atoms with E-state index in [-0.39, 0.29) is 5.56 Å². The van der Waals surface area contributed by atoms with E-state index in [4.69, 9.17) is 5.26 Å². The van der Waals surface area contributed by atoms with Crippen molar-refractivity contribution >= 4 is 5.97 Å². The van der Waals surface area contributed by atoms with E-state index in [1.54, 1.807) is 6.07 Å². The molecule has 0 aliphatic heterocycles. The van der Waals surface area contributed by atoms with Gasteiger partial charge in [0.25, 0.3) is 0 Å². The van der Waals surface area contributed by atoms with Crippen molar-refractivity contribution < 1.29 is 27.4 Å². The van der Waals surface area contributed by atoms with E-state index in [0.717, 1.165) is 19.2 Å². The van der Waals surface area contributed by atoms with Gasteiger partial charge < -0.3 is 9.47 Å². The lowest BCUT2D eigenvalue weighted by Crippen LogP contribution is -2.19. The van der Waals surface area contributed by atoms with Gasteiger partial charge in [0.2, 0.25) is 0 Å². The van der Waals surface area contributed by atoms with Crippen LogP contribution >= 0.6 is 0 Å². The maximum atomic E-state index is 12.1. The lowest BCUT2D eigenvalue weighted by Gasteiger charge is -2.12. The Morgan fingerprint density at radius 1 is 1.41 bits per heavy atom. The number of benzene rings is 1. The van der Waals surface area contributed by atoms with Crippen LogP contribution in [0.4, 0.5) is 13.2 Å². The maximum absolute atomic E-state index is 12.1. The van der Waals surface area contributed by atoms with Crippen molar-refractivity contribution in [1.82, 2.24) is 0 Å². The standard InChI is InChI=1S/C10H6F3NO3/c1-16-9(15)7-3-2-6(5-14)4-8(7)17-10(11,12)13/h2-4H,1H3. The molecule has 0 bridgehead atoms. The van der Waals surface area contributed by atoms with Gasteiger partial charge in [0.05, 0.1) is 18.7 Å². The third-order valence-corrected chi connectivity index (χ3v) is 1.74. The van der Waals surface area contributed by atoms with E-state index in [1.165, 1.54) is 6.07 Å². The fourth-order valence-corrected chi connectivity index (χ4v) is 1.08. The summed E-state index contributed by atoms with van der Waals surface area (Å²) in [5, 5.41) is 8.54. The van der Waals surface area contributed by atoms with Gasteiger partial charge in [-0.05, 0) is 18.2 Å². The molecule has 0 radical (unpaired) electrons. The minimum absolute atomic E-state index is 0.0584. The number of halogens is 3. The van der Waals surface area contributed by atoms with Gasteiger partial charge >= 0.3 is 12.3 Å². The van der Waals surface area contributed by atoms with Crippen LogP contribution in [0.3, 0.4) is 0 Å². The summed E-state index contributed by atoms with van der Waals surface area (Å²) in [5.74, 6) is -1.74. The molecule has 17 heavy (non-hydrogen) atoms. The summed E-state index contributed by atoms with van der Waals surface area (Å²) >= 11 is 0. The quantitative estimate of drug-likeness (QED) is 0.749. The van der Waals surface area contributed by atoms with Gasteiger partial charge in [0.15, 0.2) is 0 Å². The van der Waals surface area contributed by atoms with Crippen LogP contribution in [0.5, 0.6) is 5.75 Å². The fraction of sp³-hybridized carbons (Fsp3) is 0.200. The normalized spacial score (nSPS) is 10.5. The number of carbonyl (C=O) groups excluding carboxylic acids is 1. The summed E-state index contributed by atoms with van der Waals surface area (Å²) < 4.78 is 44.1. The second kappa shape index (κ2) is 4.74. The molecule has 0 amide bonds. The molecule has 0 atom stereocenters. The Labute approximate surface area is 94.2 Å². The Balaban J connectivity index is 3.22. The zero-order valence-corrected chi connectivity index (χ0v) is 8.54. The van der Waals surface area contributed by atoms with E-state index in [9.17, 15) is 18.0 Å². The van der Waals surface area contributed by atoms with Crippen molar-refractivity contribution in [1.29, 1.82) is 5.26 Å². The van der Waals surface area contributed by atoms with Crippen molar-refractivity contribution in [2.24, 2.45) is 0 Å². The topological polar surface area (TPSA) is 59.3 Å². The molecule has 0 saturated carbocycles. The zero-order chi connectivity index (χ0) is 13.1. The van der Waals surface area contributed by atoms with Gasteiger partial charge in [-0.15, -0.1) is 13.2 Å². The third-order valence-electron chi connectivity index (χ3n) is 1.74. The molecule has 0 aromatic heterocycles. The van der Waals surface area contributed by atoms with E-state index >= 15 is 0 Å². The predicted molar refractivity (Wildman–Crippen MR) is 49.2 cm³/mol. The van der Waals surface area contributed by atoms with Gasteiger partial charge in [-0.1, -0.05) is 0 Å². The molecule has 7 heteroatoms. The van der Waals surface area contributed by atoms with Crippen LogP contribution in [0.15, 0.2) is 18.2 Å². The summed E-state index contributed by atoms with van der Waals surface area (Å²) in [5.41, 5.74) is -0.458. The fourth-order valence-electron chi connectivity index (χ4n) is 1.08. The SMILES string of the molecule is COC(=O)c1ccc(C#N)cc1OC(F)(F)F. The summed E-state index contributed by atoms with van der Waals surface area (Å²) in [4.78, 5) is 11.2. The van der Waals surface area contributed by atoms with Crippen molar-refractivity contribution in [3.63, 3.8) is 0 Å². The number of hydrogen-bond acceptors (Lipinski definition) is 4. The van der Waals surface area contributed by atoms with Crippen molar-refractivity contribution in [2.45, 2.75) is 6.36 Å². The lowest BCUT2D eigenvalue weighted by atomic mass is 10.1. The third kappa shape index (κ3) is 3.38. The van der Waals surface area contributed by atoms with E-state index < -0.39 is 23.6 Å². The molecule has 1 aromatic rings. The van der Waals surface area contributed by atoms with Crippen LogP contribution in [0.1, 0.15) is 15.9 Å². The number of carbonyl (C=O) groups is 1. The van der Waals surface area contributed by atoms with Gasteiger partial charge in [-0.25, -0.2) is 4.79 Å². The molecule has 0 spiro atoms. The van der Waals surface area contributed by atoms with Crippen LogP contribution in [-0.4, -0.2) is 19.4 Å². The highest BCUT2D eigenvalue weighted by molar-refractivity contribution is 5.92. The largest absolute Gasteiger partial charge is 0.573 e.